The van der Waals surface area contributed by atoms with Gasteiger partial charge in [-0.15, -0.1) is 0 Å². The van der Waals surface area contributed by atoms with E-state index in [1.807, 2.05) is 114 Å². The first-order valence-corrected chi connectivity index (χ1v) is 19.1. The van der Waals surface area contributed by atoms with Crippen LogP contribution in [0.3, 0.4) is 0 Å². The molecule has 0 saturated carbocycles. The van der Waals surface area contributed by atoms with Gasteiger partial charge in [-0.3, -0.25) is 9.36 Å². The second kappa shape index (κ2) is 12.0. The average Bonchev–Trinajstić information content (AvgIpc) is 3.42. The van der Waals surface area contributed by atoms with Gasteiger partial charge in [-0.05, 0) is 31.1 Å². The smallest absolute Gasteiger partial charge is 0.312 e. The fourth-order valence-corrected chi connectivity index (χ4v) is 16.5. The third kappa shape index (κ3) is 4.58. The largest absolute Gasteiger partial charge is 0.330 e. The third-order valence-corrected chi connectivity index (χ3v) is 18.1. The highest BCUT2D eigenvalue weighted by Gasteiger charge is 2.60. The molecule has 0 atom stereocenters. The molecule has 6 heteroatoms. The predicted molar refractivity (Wildman–Crippen MR) is 187 cm³/mol. The SMILES string of the molecule is O=C1CN([Si](c2ccccc2)(c2ccccc2)c2ccccc2)C(=O)N1[Si](c1ccccc1)(c1ccccc1)c1ccccc1. The number of imide groups is 1. The topological polar surface area (TPSA) is 40.6 Å². The highest BCUT2D eigenvalue weighted by Crippen LogP contribution is 2.26. The molecule has 218 valence electrons. The molecule has 3 amide bonds. The van der Waals surface area contributed by atoms with Gasteiger partial charge in [-0.25, -0.2) is 4.79 Å². The van der Waals surface area contributed by atoms with Crippen molar-refractivity contribution < 1.29 is 9.59 Å². The zero-order valence-electron chi connectivity index (χ0n) is 24.7. The fourth-order valence-electron chi connectivity index (χ4n) is 7.02. The maximum absolute atomic E-state index is 15.5. The number of hydrogen-bond donors (Lipinski definition) is 0. The second-order valence-corrected chi connectivity index (χ2v) is 18.5. The van der Waals surface area contributed by atoms with E-state index in [4.69, 9.17) is 0 Å². The zero-order valence-corrected chi connectivity index (χ0v) is 26.7. The molecule has 1 heterocycles. The predicted octanol–water partition coefficient (Wildman–Crippen LogP) is 3.58. The molecule has 0 spiro atoms. The van der Waals surface area contributed by atoms with Crippen molar-refractivity contribution in [2.24, 2.45) is 0 Å². The van der Waals surface area contributed by atoms with Crippen LogP contribution in [0.2, 0.25) is 0 Å². The van der Waals surface area contributed by atoms with E-state index < -0.39 is 16.5 Å². The van der Waals surface area contributed by atoms with Crippen LogP contribution in [0.25, 0.3) is 0 Å². The number of hydrogen-bond acceptors (Lipinski definition) is 2. The van der Waals surface area contributed by atoms with Gasteiger partial charge in [0.25, 0.3) is 16.5 Å². The molecular weight excluding hydrogens is 585 g/mol. The van der Waals surface area contributed by atoms with Crippen LogP contribution in [0.1, 0.15) is 0 Å². The molecule has 0 unspecified atom stereocenters. The number of rotatable bonds is 8. The molecule has 6 aromatic carbocycles. The molecule has 1 fully saturated rings. The van der Waals surface area contributed by atoms with Crippen LogP contribution in [-0.4, -0.2) is 44.1 Å². The van der Waals surface area contributed by atoms with Gasteiger partial charge in [0, 0.05) is 0 Å². The minimum absolute atomic E-state index is 0.00894. The quantitative estimate of drug-likeness (QED) is 0.149. The van der Waals surface area contributed by atoms with Crippen LogP contribution in [-0.2, 0) is 4.79 Å². The maximum Gasteiger partial charge on any atom is 0.312 e. The molecule has 45 heavy (non-hydrogen) atoms. The van der Waals surface area contributed by atoms with Crippen LogP contribution in [0.15, 0.2) is 182 Å². The number of urea groups is 1. The normalized spacial score (nSPS) is 13.7. The lowest BCUT2D eigenvalue weighted by Gasteiger charge is -2.43. The van der Waals surface area contributed by atoms with Crippen molar-refractivity contribution in [1.29, 1.82) is 0 Å². The van der Waals surface area contributed by atoms with Gasteiger partial charge in [0.15, 0.2) is 0 Å². The van der Waals surface area contributed by atoms with Gasteiger partial charge in [0.1, 0.15) is 0 Å². The van der Waals surface area contributed by atoms with Gasteiger partial charge in [-0.1, -0.05) is 182 Å². The summed E-state index contributed by atoms with van der Waals surface area (Å²) in [7, 11) is -6.70. The molecule has 0 bridgehead atoms. The Kier molecular flexibility index (Phi) is 7.59. The van der Waals surface area contributed by atoms with Crippen molar-refractivity contribution >= 4 is 59.5 Å². The molecule has 4 nitrogen and oxygen atoms in total. The minimum atomic E-state index is -3.43. The summed E-state index contributed by atoms with van der Waals surface area (Å²) in [6.45, 7) is -0.00894. The highest BCUT2D eigenvalue weighted by atomic mass is 28.3. The average molecular weight is 617 g/mol. The van der Waals surface area contributed by atoms with E-state index in [0.717, 1.165) is 31.1 Å². The number of benzene rings is 6. The van der Waals surface area contributed by atoms with Crippen molar-refractivity contribution in [3.8, 4) is 0 Å². The van der Waals surface area contributed by atoms with E-state index in [0.29, 0.717) is 0 Å². The Hall–Kier alpha value is -5.31. The summed E-state index contributed by atoms with van der Waals surface area (Å²) in [5, 5.41) is 6.11. The van der Waals surface area contributed by atoms with Crippen LogP contribution in [0, 0.1) is 0 Å². The summed E-state index contributed by atoms with van der Waals surface area (Å²) in [4.78, 5) is 30.4. The molecule has 1 saturated heterocycles. The van der Waals surface area contributed by atoms with Gasteiger partial charge >= 0.3 is 6.03 Å². The van der Waals surface area contributed by atoms with Crippen molar-refractivity contribution in [1.82, 2.24) is 9.13 Å². The standard InChI is InChI=1S/C39H32N2O2Si2/c42-38-31-40(44(32-19-7-1-8-20-32,33-21-9-2-10-22-33)34-23-11-3-12-24-34)39(43)41(38)45(35-25-13-4-14-26-35,36-27-15-5-16-28-36)37-29-17-6-18-30-37/h1-30H,31H2. The molecule has 0 N–H and O–H groups in total. The van der Waals surface area contributed by atoms with Gasteiger partial charge in [-0.2, -0.15) is 0 Å². The van der Waals surface area contributed by atoms with E-state index >= 15 is 4.79 Å². The second-order valence-electron chi connectivity index (χ2n) is 11.2. The Labute approximate surface area is 266 Å². The fraction of sp³-hybridized carbons (Fsp3) is 0.0256. The molecule has 0 aliphatic carbocycles. The number of amides is 3. The van der Waals surface area contributed by atoms with Crippen LogP contribution in [0.5, 0.6) is 0 Å². The monoisotopic (exact) mass is 616 g/mol. The summed E-state index contributed by atoms with van der Waals surface area (Å²) < 4.78 is 3.61. The first kappa shape index (κ1) is 28.5. The van der Waals surface area contributed by atoms with Crippen molar-refractivity contribution in [2.75, 3.05) is 6.54 Å². The number of carbonyl (C=O) groups excluding carboxylic acids is 2. The van der Waals surface area contributed by atoms with Gasteiger partial charge < -0.3 is 4.57 Å². The first-order chi connectivity index (χ1) is 22.2. The lowest BCUT2D eigenvalue weighted by Crippen LogP contribution is -2.81. The highest BCUT2D eigenvalue weighted by molar-refractivity contribution is 7.14. The summed E-state index contributed by atoms with van der Waals surface area (Å²) in [5.74, 6) is -0.178. The minimum Gasteiger partial charge on any atom is -0.330 e. The Balaban J connectivity index is 1.54. The molecular formula is C39H32N2O2Si2. The zero-order chi connectivity index (χ0) is 30.7. The molecule has 1 aliphatic heterocycles. The molecule has 0 radical (unpaired) electrons. The van der Waals surface area contributed by atoms with Crippen LogP contribution >= 0.6 is 0 Å². The first-order valence-electron chi connectivity index (χ1n) is 15.2. The maximum atomic E-state index is 15.5. The van der Waals surface area contributed by atoms with E-state index in [9.17, 15) is 4.79 Å². The summed E-state index contributed by atoms with van der Waals surface area (Å²) in [5.41, 5.74) is 0. The Bertz CT molecular complexity index is 1710. The molecule has 1 aliphatic rings. The van der Waals surface area contributed by atoms with Crippen LogP contribution in [0.4, 0.5) is 4.79 Å². The van der Waals surface area contributed by atoms with Crippen molar-refractivity contribution in [3.05, 3.63) is 182 Å². The lowest BCUT2D eigenvalue weighted by molar-refractivity contribution is -0.122. The van der Waals surface area contributed by atoms with Crippen molar-refractivity contribution in [3.63, 3.8) is 0 Å². The van der Waals surface area contributed by atoms with E-state index in [-0.39, 0.29) is 18.5 Å². The third-order valence-electron chi connectivity index (χ3n) is 8.85. The summed E-state index contributed by atoms with van der Waals surface area (Å²) in [6.07, 6.45) is 0. The lowest BCUT2D eigenvalue weighted by atomic mass is 10.3. The summed E-state index contributed by atoms with van der Waals surface area (Å²) in [6, 6.07) is 61.0. The number of nitrogens with zero attached hydrogens (tertiary/aromatic N) is 2. The van der Waals surface area contributed by atoms with Gasteiger partial charge in [0.05, 0.1) is 6.54 Å². The molecule has 0 aromatic heterocycles. The van der Waals surface area contributed by atoms with Gasteiger partial charge in [0.2, 0.25) is 5.91 Å². The molecule has 7 rings (SSSR count). The van der Waals surface area contributed by atoms with E-state index in [1.165, 1.54) is 0 Å². The van der Waals surface area contributed by atoms with Crippen molar-refractivity contribution in [2.45, 2.75) is 0 Å². The Morgan fingerprint density at radius 2 is 0.600 bits per heavy atom. The number of carbonyl (C=O) groups is 2. The Morgan fingerprint density at radius 1 is 0.356 bits per heavy atom. The van der Waals surface area contributed by atoms with Crippen LogP contribution < -0.4 is 31.1 Å². The summed E-state index contributed by atoms with van der Waals surface area (Å²) >= 11 is 0. The van der Waals surface area contributed by atoms with E-state index in [2.05, 4.69) is 72.8 Å². The van der Waals surface area contributed by atoms with E-state index in [1.54, 1.807) is 4.57 Å². The molecule has 6 aromatic rings. The Morgan fingerprint density at radius 3 is 0.867 bits per heavy atom.